The van der Waals surface area contributed by atoms with Gasteiger partial charge in [-0.25, -0.2) is 4.39 Å². The van der Waals surface area contributed by atoms with Gasteiger partial charge in [0.1, 0.15) is 5.82 Å². The zero-order valence-corrected chi connectivity index (χ0v) is 12.1. The molecule has 0 radical (unpaired) electrons. The summed E-state index contributed by atoms with van der Waals surface area (Å²) in [5, 5.41) is 14.1. The Kier molecular flexibility index (Phi) is 4.75. The lowest BCUT2D eigenvalue weighted by Gasteiger charge is -2.11. The number of rotatable bonds is 6. The molecule has 1 aromatic carbocycles. The fourth-order valence-corrected chi connectivity index (χ4v) is 2.27. The molecule has 1 aromatic heterocycles. The van der Waals surface area contributed by atoms with Gasteiger partial charge in [0.25, 0.3) is 0 Å². The fraction of sp³-hybridized carbons (Fsp3) is 0.400. The molecule has 0 amide bonds. The van der Waals surface area contributed by atoms with E-state index in [1.807, 2.05) is 0 Å². The van der Waals surface area contributed by atoms with Crippen LogP contribution in [0, 0.1) is 5.82 Å². The molecule has 1 saturated heterocycles. The van der Waals surface area contributed by atoms with Gasteiger partial charge >= 0.3 is 0 Å². The van der Waals surface area contributed by atoms with Gasteiger partial charge in [0, 0.05) is 19.7 Å². The lowest BCUT2D eigenvalue weighted by atomic mass is 10.2. The maximum atomic E-state index is 12.8. The third kappa shape index (κ3) is 4.11. The largest absolute Gasteiger partial charge is 0.376 e. The van der Waals surface area contributed by atoms with E-state index in [0.717, 1.165) is 31.6 Å². The fourth-order valence-electron chi connectivity index (χ4n) is 2.27. The summed E-state index contributed by atoms with van der Waals surface area (Å²) in [4.78, 5) is 4.34. The van der Waals surface area contributed by atoms with Crippen LogP contribution in [0.25, 0.3) is 0 Å². The monoisotopic (exact) mass is 303 g/mol. The number of anilines is 2. The molecule has 1 fully saturated rings. The van der Waals surface area contributed by atoms with Crippen molar-refractivity contribution < 1.29 is 9.13 Å². The molecule has 2 N–H and O–H groups in total. The van der Waals surface area contributed by atoms with E-state index in [4.69, 9.17) is 4.74 Å². The molecule has 2 heterocycles. The predicted octanol–water partition coefficient (Wildman–Crippen LogP) is 2.21. The van der Waals surface area contributed by atoms with Gasteiger partial charge in [0.2, 0.25) is 5.95 Å². The molecule has 1 unspecified atom stereocenters. The Morgan fingerprint density at radius 2 is 2.09 bits per heavy atom. The molecule has 22 heavy (non-hydrogen) atoms. The zero-order valence-electron chi connectivity index (χ0n) is 12.1. The lowest BCUT2D eigenvalue weighted by Crippen LogP contribution is -2.19. The van der Waals surface area contributed by atoms with Crippen LogP contribution in [0.4, 0.5) is 16.2 Å². The molecule has 1 aliphatic heterocycles. The normalized spacial score (nSPS) is 17.4. The van der Waals surface area contributed by atoms with Gasteiger partial charge in [0.05, 0.1) is 12.3 Å². The van der Waals surface area contributed by atoms with Gasteiger partial charge < -0.3 is 15.4 Å². The highest BCUT2D eigenvalue weighted by Gasteiger charge is 2.15. The summed E-state index contributed by atoms with van der Waals surface area (Å²) >= 11 is 0. The van der Waals surface area contributed by atoms with Crippen LogP contribution < -0.4 is 10.6 Å². The molecular formula is C15H18FN5O. The minimum absolute atomic E-state index is 0.241. The molecule has 2 aromatic rings. The number of hydrogen-bond acceptors (Lipinski definition) is 6. The van der Waals surface area contributed by atoms with Crippen molar-refractivity contribution in [2.45, 2.75) is 25.5 Å². The predicted molar refractivity (Wildman–Crippen MR) is 81.0 cm³/mol. The third-order valence-electron chi connectivity index (χ3n) is 3.46. The van der Waals surface area contributed by atoms with Crippen molar-refractivity contribution in [1.82, 2.24) is 15.2 Å². The number of ether oxygens (including phenoxy) is 1. The van der Waals surface area contributed by atoms with Gasteiger partial charge in [-0.15, -0.1) is 5.10 Å². The molecule has 7 heteroatoms. The Hall–Kier alpha value is -2.28. The minimum atomic E-state index is -0.248. The van der Waals surface area contributed by atoms with Gasteiger partial charge in [-0.2, -0.15) is 10.1 Å². The first-order valence-electron chi connectivity index (χ1n) is 7.33. The smallest absolute Gasteiger partial charge is 0.244 e. The number of halogens is 1. The maximum Gasteiger partial charge on any atom is 0.244 e. The highest BCUT2D eigenvalue weighted by Crippen LogP contribution is 2.13. The van der Waals surface area contributed by atoms with Crippen LogP contribution in [0.3, 0.4) is 0 Å². The van der Waals surface area contributed by atoms with E-state index in [0.29, 0.717) is 18.3 Å². The summed E-state index contributed by atoms with van der Waals surface area (Å²) in [6.07, 6.45) is 4.00. The summed E-state index contributed by atoms with van der Waals surface area (Å²) in [6.45, 7) is 2.06. The summed E-state index contributed by atoms with van der Waals surface area (Å²) in [5.74, 6) is 0.843. The maximum absolute atomic E-state index is 12.8. The van der Waals surface area contributed by atoms with Crippen LogP contribution in [-0.2, 0) is 11.3 Å². The summed E-state index contributed by atoms with van der Waals surface area (Å²) < 4.78 is 18.4. The summed E-state index contributed by atoms with van der Waals surface area (Å²) in [6, 6.07) is 6.29. The lowest BCUT2D eigenvalue weighted by molar-refractivity contribution is 0.120. The average molecular weight is 303 g/mol. The molecule has 1 aliphatic rings. The van der Waals surface area contributed by atoms with Gasteiger partial charge in [-0.3, -0.25) is 0 Å². The van der Waals surface area contributed by atoms with E-state index in [1.165, 1.54) is 12.1 Å². The second-order valence-electron chi connectivity index (χ2n) is 5.16. The Balaban J connectivity index is 1.52. The summed E-state index contributed by atoms with van der Waals surface area (Å²) in [5.41, 5.74) is 0.947. The number of aromatic nitrogens is 3. The molecule has 0 spiro atoms. The van der Waals surface area contributed by atoms with Crippen molar-refractivity contribution in [2.24, 2.45) is 0 Å². The van der Waals surface area contributed by atoms with Crippen LogP contribution >= 0.6 is 0 Å². The molecular weight excluding hydrogens is 285 g/mol. The first-order valence-corrected chi connectivity index (χ1v) is 7.33. The van der Waals surface area contributed by atoms with E-state index in [-0.39, 0.29) is 11.9 Å². The zero-order chi connectivity index (χ0) is 15.2. The first kappa shape index (κ1) is 14.6. The highest BCUT2D eigenvalue weighted by molar-refractivity contribution is 5.37. The van der Waals surface area contributed by atoms with E-state index in [9.17, 15) is 4.39 Å². The van der Waals surface area contributed by atoms with Gasteiger partial charge in [-0.05, 0) is 30.5 Å². The summed E-state index contributed by atoms with van der Waals surface area (Å²) in [7, 11) is 0. The second-order valence-corrected chi connectivity index (χ2v) is 5.16. The number of hydrogen-bond donors (Lipinski definition) is 2. The Morgan fingerprint density at radius 3 is 2.86 bits per heavy atom. The van der Waals surface area contributed by atoms with E-state index in [1.54, 1.807) is 18.3 Å². The minimum Gasteiger partial charge on any atom is -0.376 e. The number of nitrogens with one attached hydrogen (secondary N) is 2. The molecule has 0 aliphatic carbocycles. The van der Waals surface area contributed by atoms with Crippen molar-refractivity contribution in [2.75, 3.05) is 23.8 Å². The van der Waals surface area contributed by atoms with Crippen molar-refractivity contribution >= 4 is 11.8 Å². The number of benzene rings is 1. The third-order valence-corrected chi connectivity index (χ3v) is 3.46. The molecule has 0 bridgehead atoms. The topological polar surface area (TPSA) is 72.0 Å². The highest BCUT2D eigenvalue weighted by atomic mass is 19.1. The van der Waals surface area contributed by atoms with Gasteiger partial charge in [0.15, 0.2) is 5.82 Å². The Labute approximate surface area is 128 Å². The van der Waals surface area contributed by atoms with Crippen LogP contribution in [-0.4, -0.2) is 34.4 Å². The number of nitrogens with zero attached hydrogens (tertiary/aromatic N) is 3. The molecule has 1 atom stereocenters. The standard InChI is InChI=1S/C15H18FN5O/c16-12-5-3-11(4-6-12)8-18-15-20-14(10-19-21-15)17-9-13-2-1-7-22-13/h3-6,10,13H,1-2,7-9H2,(H2,17,18,20,21). The van der Waals surface area contributed by atoms with Crippen LogP contribution in [0.15, 0.2) is 30.5 Å². The van der Waals surface area contributed by atoms with Crippen molar-refractivity contribution in [1.29, 1.82) is 0 Å². The Morgan fingerprint density at radius 1 is 1.23 bits per heavy atom. The molecule has 6 nitrogen and oxygen atoms in total. The Bertz CT molecular complexity index is 601. The average Bonchev–Trinajstić information content (AvgIpc) is 3.06. The van der Waals surface area contributed by atoms with E-state index < -0.39 is 0 Å². The van der Waals surface area contributed by atoms with Crippen molar-refractivity contribution in [3.8, 4) is 0 Å². The quantitative estimate of drug-likeness (QED) is 0.852. The first-order chi connectivity index (χ1) is 10.8. The van der Waals surface area contributed by atoms with Gasteiger partial charge in [-0.1, -0.05) is 12.1 Å². The van der Waals surface area contributed by atoms with Crippen LogP contribution in [0.5, 0.6) is 0 Å². The molecule has 0 saturated carbocycles. The molecule has 3 rings (SSSR count). The van der Waals surface area contributed by atoms with Crippen LogP contribution in [0.2, 0.25) is 0 Å². The molecule has 116 valence electrons. The second kappa shape index (κ2) is 7.13. The van der Waals surface area contributed by atoms with Crippen molar-refractivity contribution in [3.05, 3.63) is 41.8 Å². The van der Waals surface area contributed by atoms with E-state index in [2.05, 4.69) is 25.8 Å². The van der Waals surface area contributed by atoms with Crippen molar-refractivity contribution in [3.63, 3.8) is 0 Å². The van der Waals surface area contributed by atoms with Crippen LogP contribution in [0.1, 0.15) is 18.4 Å². The van der Waals surface area contributed by atoms with E-state index >= 15 is 0 Å². The SMILES string of the molecule is Fc1ccc(CNc2nncc(NCC3CCCO3)n2)cc1.